The normalized spacial score (nSPS) is 15.9. The zero-order chi connectivity index (χ0) is 25.2. The number of hydrogen-bond donors (Lipinski definition) is 1. The molecular weight excluding hydrogens is 456 g/mol. The first-order valence-electron chi connectivity index (χ1n) is 12.3. The Hall–Kier alpha value is -3.76. The third-order valence-electron chi connectivity index (χ3n) is 6.80. The Morgan fingerprint density at radius 2 is 1.72 bits per heavy atom. The Morgan fingerprint density at radius 1 is 1.03 bits per heavy atom. The van der Waals surface area contributed by atoms with E-state index in [-0.39, 0.29) is 11.5 Å². The van der Waals surface area contributed by atoms with Crippen LogP contribution in [0.2, 0.25) is 0 Å². The number of aromatic nitrogens is 5. The van der Waals surface area contributed by atoms with Crippen molar-refractivity contribution in [3.63, 3.8) is 0 Å². The van der Waals surface area contributed by atoms with Crippen molar-refractivity contribution in [3.05, 3.63) is 70.9 Å². The maximum Gasteiger partial charge on any atom is 0.280 e. The number of hydrogen-bond acceptors (Lipinski definition) is 6. The second-order valence-electron chi connectivity index (χ2n) is 9.33. The van der Waals surface area contributed by atoms with E-state index in [9.17, 15) is 9.59 Å². The van der Waals surface area contributed by atoms with E-state index >= 15 is 0 Å². The smallest absolute Gasteiger partial charge is 0.280 e. The zero-order valence-electron chi connectivity index (χ0n) is 21.0. The number of nitrogens with one attached hydrogen (secondary N) is 1. The lowest BCUT2D eigenvalue weighted by molar-refractivity contribution is -0.124. The van der Waals surface area contributed by atoms with Crippen LogP contribution in [0.3, 0.4) is 0 Å². The van der Waals surface area contributed by atoms with Crippen LogP contribution < -0.4 is 10.9 Å². The standard InChI is InChI=1S/C26H32N8O2/c1-19-23-22(25(32-12-7-8-13-32)34(29-23)21-9-5-4-6-10-21)26(36)33(28-19)20(2)24(35)27-11-14-31-17-15-30(3)16-18-31/h4-10,12-13,20H,11,14-18H2,1-3H3,(H,27,35). The first-order valence-corrected chi connectivity index (χ1v) is 12.3. The summed E-state index contributed by atoms with van der Waals surface area (Å²) in [6.45, 7) is 8.89. The van der Waals surface area contributed by atoms with Gasteiger partial charge in [-0.1, -0.05) is 18.2 Å². The lowest BCUT2D eigenvalue weighted by Crippen LogP contribution is -2.47. The molecule has 1 atom stereocenters. The van der Waals surface area contributed by atoms with Gasteiger partial charge in [0.25, 0.3) is 5.56 Å². The number of benzene rings is 1. The Balaban J connectivity index is 1.46. The molecule has 4 heterocycles. The molecule has 0 radical (unpaired) electrons. The van der Waals surface area contributed by atoms with Crippen LogP contribution in [0.25, 0.3) is 22.4 Å². The van der Waals surface area contributed by atoms with Crippen molar-refractivity contribution in [2.45, 2.75) is 19.9 Å². The lowest BCUT2D eigenvalue weighted by Gasteiger charge is -2.32. The molecule has 0 saturated carbocycles. The quantitative estimate of drug-likeness (QED) is 0.425. The summed E-state index contributed by atoms with van der Waals surface area (Å²) in [4.78, 5) is 31.4. The van der Waals surface area contributed by atoms with Gasteiger partial charge in [0.1, 0.15) is 16.9 Å². The molecule has 1 fully saturated rings. The van der Waals surface area contributed by atoms with Crippen LogP contribution in [-0.2, 0) is 4.79 Å². The molecule has 1 aliphatic heterocycles. The molecule has 36 heavy (non-hydrogen) atoms. The zero-order valence-corrected chi connectivity index (χ0v) is 21.0. The molecule has 3 aromatic heterocycles. The number of likely N-dealkylation sites (N-methyl/N-ethyl adjacent to an activating group) is 1. The monoisotopic (exact) mass is 488 g/mol. The maximum absolute atomic E-state index is 13.8. The van der Waals surface area contributed by atoms with Crippen LogP contribution in [0.1, 0.15) is 18.7 Å². The van der Waals surface area contributed by atoms with Gasteiger partial charge in [0.05, 0.1) is 11.4 Å². The van der Waals surface area contributed by atoms with Crippen molar-refractivity contribution in [1.29, 1.82) is 0 Å². The number of fused-ring (bicyclic) bond motifs is 1. The van der Waals surface area contributed by atoms with E-state index in [1.54, 1.807) is 11.6 Å². The van der Waals surface area contributed by atoms with Gasteiger partial charge in [-0.25, -0.2) is 9.36 Å². The average molecular weight is 489 g/mol. The Labute approximate surface area is 209 Å². The minimum absolute atomic E-state index is 0.226. The summed E-state index contributed by atoms with van der Waals surface area (Å²) in [5, 5.41) is 12.7. The van der Waals surface area contributed by atoms with Crippen LogP contribution in [0.15, 0.2) is 59.7 Å². The molecule has 5 rings (SSSR count). The van der Waals surface area contributed by atoms with Crippen LogP contribution in [0.5, 0.6) is 0 Å². The molecule has 0 spiro atoms. The molecule has 10 heteroatoms. The number of nitrogens with zero attached hydrogens (tertiary/aromatic N) is 7. The number of para-hydroxylation sites is 1. The van der Waals surface area contributed by atoms with Gasteiger partial charge in [-0.3, -0.25) is 14.5 Å². The molecule has 10 nitrogen and oxygen atoms in total. The first kappa shape index (κ1) is 24.0. The Morgan fingerprint density at radius 3 is 2.42 bits per heavy atom. The molecule has 0 aliphatic carbocycles. The highest BCUT2D eigenvalue weighted by molar-refractivity contribution is 5.88. The van der Waals surface area contributed by atoms with Crippen LogP contribution in [-0.4, -0.2) is 86.2 Å². The summed E-state index contributed by atoms with van der Waals surface area (Å²) in [5.41, 5.74) is 1.59. The van der Waals surface area contributed by atoms with E-state index in [2.05, 4.69) is 27.3 Å². The topological polar surface area (TPSA) is 93.2 Å². The summed E-state index contributed by atoms with van der Waals surface area (Å²) in [6, 6.07) is 12.7. The molecule has 4 aromatic rings. The van der Waals surface area contributed by atoms with Crippen molar-refractivity contribution < 1.29 is 4.79 Å². The van der Waals surface area contributed by atoms with E-state index in [0.29, 0.717) is 29.0 Å². The number of amides is 1. The third-order valence-corrected chi connectivity index (χ3v) is 6.80. The maximum atomic E-state index is 13.8. The van der Waals surface area contributed by atoms with E-state index in [0.717, 1.165) is 38.4 Å². The van der Waals surface area contributed by atoms with Crippen molar-refractivity contribution in [2.75, 3.05) is 46.3 Å². The molecule has 1 N–H and O–H groups in total. The fourth-order valence-electron chi connectivity index (χ4n) is 4.62. The second-order valence-corrected chi connectivity index (χ2v) is 9.33. The van der Waals surface area contributed by atoms with Crippen molar-refractivity contribution >= 4 is 16.8 Å². The lowest BCUT2D eigenvalue weighted by atomic mass is 10.2. The van der Waals surface area contributed by atoms with Gasteiger partial charge in [0.2, 0.25) is 5.91 Å². The minimum Gasteiger partial charge on any atom is -0.353 e. The SMILES string of the molecule is Cc1nn(C(C)C(=O)NCCN2CCN(C)CC2)c(=O)c2c(-n3cccc3)n(-c3ccccc3)nc12. The molecule has 1 aromatic carbocycles. The summed E-state index contributed by atoms with van der Waals surface area (Å²) in [6.07, 6.45) is 3.76. The van der Waals surface area contributed by atoms with Gasteiger partial charge in [0.15, 0.2) is 5.82 Å². The van der Waals surface area contributed by atoms with E-state index < -0.39 is 6.04 Å². The van der Waals surface area contributed by atoms with E-state index in [1.165, 1.54) is 4.68 Å². The molecular formula is C26H32N8O2. The summed E-state index contributed by atoms with van der Waals surface area (Å²) in [5.74, 6) is 0.392. The van der Waals surface area contributed by atoms with Crippen molar-refractivity contribution in [2.24, 2.45) is 0 Å². The van der Waals surface area contributed by atoms with Crippen LogP contribution in [0, 0.1) is 6.92 Å². The Bertz CT molecular complexity index is 1400. The van der Waals surface area contributed by atoms with E-state index in [4.69, 9.17) is 5.10 Å². The van der Waals surface area contributed by atoms with Gasteiger partial charge in [-0.05, 0) is 45.2 Å². The highest BCUT2D eigenvalue weighted by Crippen LogP contribution is 2.25. The number of aryl methyl sites for hydroxylation is 1. The number of carbonyl (C=O) groups is 1. The largest absolute Gasteiger partial charge is 0.353 e. The first-order chi connectivity index (χ1) is 17.4. The van der Waals surface area contributed by atoms with Gasteiger partial charge in [-0.2, -0.15) is 10.2 Å². The fourth-order valence-corrected chi connectivity index (χ4v) is 4.62. The fraction of sp³-hybridized carbons (Fsp3) is 0.385. The average Bonchev–Trinajstić information content (AvgIpc) is 3.56. The van der Waals surface area contributed by atoms with Gasteiger partial charge in [0, 0.05) is 51.7 Å². The molecule has 188 valence electrons. The molecule has 0 bridgehead atoms. The molecule has 1 saturated heterocycles. The molecule has 1 aliphatic rings. The third kappa shape index (κ3) is 4.57. The predicted octanol–water partition coefficient (Wildman–Crippen LogP) is 1.61. The molecule has 1 unspecified atom stereocenters. The van der Waals surface area contributed by atoms with Crippen molar-refractivity contribution in [3.8, 4) is 11.5 Å². The number of piperazine rings is 1. The van der Waals surface area contributed by atoms with Gasteiger partial charge in [-0.15, -0.1) is 0 Å². The van der Waals surface area contributed by atoms with Crippen molar-refractivity contribution in [1.82, 2.24) is 39.2 Å². The minimum atomic E-state index is -0.759. The Kier molecular flexibility index (Phi) is 6.71. The van der Waals surface area contributed by atoms with E-state index in [1.807, 2.05) is 66.3 Å². The molecule has 1 amide bonds. The van der Waals surface area contributed by atoms with Gasteiger partial charge >= 0.3 is 0 Å². The van der Waals surface area contributed by atoms with Crippen LogP contribution in [0.4, 0.5) is 0 Å². The summed E-state index contributed by atoms with van der Waals surface area (Å²) in [7, 11) is 2.12. The summed E-state index contributed by atoms with van der Waals surface area (Å²) < 4.78 is 4.91. The second kappa shape index (κ2) is 10.1. The number of rotatable bonds is 7. The number of carbonyl (C=O) groups excluding carboxylic acids is 1. The highest BCUT2D eigenvalue weighted by atomic mass is 16.2. The highest BCUT2D eigenvalue weighted by Gasteiger charge is 2.25. The van der Waals surface area contributed by atoms with Gasteiger partial charge < -0.3 is 14.8 Å². The summed E-state index contributed by atoms with van der Waals surface area (Å²) >= 11 is 0. The predicted molar refractivity (Wildman–Crippen MR) is 139 cm³/mol. The van der Waals surface area contributed by atoms with Crippen LogP contribution >= 0.6 is 0 Å².